The number of aliphatic imine (C=N–C) groups is 1. The maximum atomic E-state index is 14.1. The predicted molar refractivity (Wildman–Crippen MR) is 136 cm³/mol. The van der Waals surface area contributed by atoms with E-state index in [1.807, 2.05) is 0 Å². The third kappa shape index (κ3) is 4.93. The molecule has 7 nitrogen and oxygen atoms in total. The quantitative estimate of drug-likeness (QED) is 0.437. The zero-order chi connectivity index (χ0) is 25.7. The highest BCUT2D eigenvalue weighted by atomic mass is 19.4. The summed E-state index contributed by atoms with van der Waals surface area (Å²) in [6.45, 7) is 3.14. The number of nitrogens with one attached hydrogen (secondary N) is 1. The molecule has 3 aliphatic heterocycles. The Morgan fingerprint density at radius 3 is 2.57 bits per heavy atom. The average molecular weight is 515 g/mol. The molecule has 3 unspecified atom stereocenters. The Kier molecular flexibility index (Phi) is 6.35. The zero-order valence-electron chi connectivity index (χ0n) is 20.9. The SMILES string of the molecule is CN=Cc1cc(-c2cc(C(F)(F)F)c(NC3C[C@@H]4CN(C[C@H]5CC6CCC5O6)C[C@@H]4C3)nn2)ccc1N. The van der Waals surface area contributed by atoms with Gasteiger partial charge in [-0.05, 0) is 62.1 Å². The van der Waals surface area contributed by atoms with Crippen molar-refractivity contribution in [2.75, 3.05) is 37.7 Å². The van der Waals surface area contributed by atoms with E-state index < -0.39 is 11.7 Å². The molecule has 3 saturated heterocycles. The van der Waals surface area contributed by atoms with Gasteiger partial charge in [-0.15, -0.1) is 10.2 Å². The van der Waals surface area contributed by atoms with Crippen LogP contribution < -0.4 is 11.1 Å². The summed E-state index contributed by atoms with van der Waals surface area (Å²) in [7, 11) is 1.61. The molecule has 4 heterocycles. The fourth-order valence-electron chi connectivity index (χ4n) is 6.96. The van der Waals surface area contributed by atoms with Gasteiger partial charge in [-0.3, -0.25) is 4.99 Å². The molecule has 198 valence electrons. The number of nitrogens with zero attached hydrogens (tertiary/aromatic N) is 4. The molecule has 6 rings (SSSR count). The molecule has 10 heteroatoms. The van der Waals surface area contributed by atoms with Crippen molar-refractivity contribution in [3.63, 3.8) is 0 Å². The summed E-state index contributed by atoms with van der Waals surface area (Å²) in [4.78, 5) is 6.51. The molecule has 3 N–H and O–H groups in total. The van der Waals surface area contributed by atoms with Crippen molar-refractivity contribution >= 4 is 17.7 Å². The Balaban J connectivity index is 1.13. The van der Waals surface area contributed by atoms with Gasteiger partial charge in [-0.2, -0.15) is 13.2 Å². The second kappa shape index (κ2) is 9.54. The van der Waals surface area contributed by atoms with E-state index in [4.69, 9.17) is 10.5 Å². The molecule has 1 aliphatic carbocycles. The first-order chi connectivity index (χ1) is 17.8. The number of hydrogen-bond acceptors (Lipinski definition) is 7. The number of fused-ring (bicyclic) bond motifs is 3. The summed E-state index contributed by atoms with van der Waals surface area (Å²) < 4.78 is 48.2. The number of halogens is 3. The summed E-state index contributed by atoms with van der Waals surface area (Å²) in [6.07, 6.45) is 3.20. The van der Waals surface area contributed by atoms with Crippen LogP contribution in [0.2, 0.25) is 0 Å². The summed E-state index contributed by atoms with van der Waals surface area (Å²) in [6, 6.07) is 5.99. The van der Waals surface area contributed by atoms with Crippen LogP contribution in [-0.4, -0.2) is 66.2 Å². The number of hydrogen-bond donors (Lipinski definition) is 2. The number of nitrogens with two attached hydrogens (primary N) is 1. The van der Waals surface area contributed by atoms with Crippen molar-refractivity contribution in [2.45, 2.75) is 56.5 Å². The summed E-state index contributed by atoms with van der Waals surface area (Å²) in [5.74, 6) is 1.46. The Morgan fingerprint density at radius 2 is 1.92 bits per heavy atom. The van der Waals surface area contributed by atoms with E-state index in [9.17, 15) is 13.2 Å². The van der Waals surface area contributed by atoms with Gasteiger partial charge in [0.25, 0.3) is 0 Å². The Labute approximate surface area is 214 Å². The van der Waals surface area contributed by atoms with Gasteiger partial charge in [0.05, 0.1) is 17.9 Å². The molecular weight excluding hydrogens is 481 g/mol. The van der Waals surface area contributed by atoms with Crippen LogP contribution in [0.5, 0.6) is 0 Å². The molecule has 0 amide bonds. The van der Waals surface area contributed by atoms with Gasteiger partial charge in [-0.25, -0.2) is 0 Å². The highest BCUT2D eigenvalue weighted by Crippen LogP contribution is 2.44. The van der Waals surface area contributed by atoms with Gasteiger partial charge >= 0.3 is 6.18 Å². The van der Waals surface area contributed by atoms with Gasteiger partial charge in [0, 0.05) is 61.7 Å². The minimum absolute atomic E-state index is 0.0341. The zero-order valence-corrected chi connectivity index (χ0v) is 20.9. The molecule has 1 saturated carbocycles. The van der Waals surface area contributed by atoms with Crippen LogP contribution in [0.4, 0.5) is 24.7 Å². The fraction of sp³-hybridized carbons (Fsp3) is 0.593. The van der Waals surface area contributed by atoms with Crippen LogP contribution in [0.15, 0.2) is 29.3 Å². The van der Waals surface area contributed by atoms with Crippen LogP contribution in [0.25, 0.3) is 11.3 Å². The predicted octanol–water partition coefficient (Wildman–Crippen LogP) is 4.48. The molecule has 0 radical (unpaired) electrons. The van der Waals surface area contributed by atoms with Crippen LogP contribution in [0.3, 0.4) is 0 Å². The van der Waals surface area contributed by atoms with Crippen molar-refractivity contribution in [3.05, 3.63) is 35.4 Å². The van der Waals surface area contributed by atoms with Crippen molar-refractivity contribution < 1.29 is 17.9 Å². The maximum Gasteiger partial charge on any atom is 0.420 e. The largest absolute Gasteiger partial charge is 0.420 e. The molecule has 2 bridgehead atoms. The monoisotopic (exact) mass is 514 g/mol. The van der Waals surface area contributed by atoms with E-state index in [1.165, 1.54) is 19.3 Å². The number of alkyl halides is 3. The van der Waals surface area contributed by atoms with Crippen molar-refractivity contribution in [1.29, 1.82) is 0 Å². The normalized spacial score (nSPS) is 31.5. The standard InChI is InChI=1S/C27H33F3N6O/c1-32-11-16-6-15(2-4-23(16)31)24-10-22(27(28,29)30)26(35-34-24)33-20-7-17-12-36(13-18(17)8-20)14-19-9-21-3-5-25(19)37-21/h2,4,6,10-11,17-21,25H,3,5,7-9,12-14,31H2,1H3,(H,33,35)/t17-,18+,19-,20?,21?,25?/m1/s1. The van der Waals surface area contributed by atoms with Gasteiger partial charge in [-0.1, -0.05) is 6.07 Å². The average Bonchev–Trinajstić information content (AvgIpc) is 3.62. The van der Waals surface area contributed by atoms with Gasteiger partial charge in [0.15, 0.2) is 5.82 Å². The lowest BCUT2D eigenvalue weighted by Crippen LogP contribution is -2.34. The van der Waals surface area contributed by atoms with Crippen molar-refractivity contribution in [1.82, 2.24) is 15.1 Å². The molecule has 1 aromatic heterocycles. The van der Waals surface area contributed by atoms with Crippen LogP contribution in [-0.2, 0) is 10.9 Å². The van der Waals surface area contributed by atoms with Crippen LogP contribution >= 0.6 is 0 Å². The first-order valence-electron chi connectivity index (χ1n) is 13.2. The molecule has 37 heavy (non-hydrogen) atoms. The highest BCUT2D eigenvalue weighted by Gasteiger charge is 2.46. The topological polar surface area (TPSA) is 88.7 Å². The molecule has 0 spiro atoms. The minimum atomic E-state index is -4.55. The van der Waals surface area contributed by atoms with E-state index in [2.05, 4.69) is 25.4 Å². The Hall–Kier alpha value is -2.72. The number of ether oxygens (including phenoxy) is 1. The van der Waals surface area contributed by atoms with Gasteiger partial charge in [0.1, 0.15) is 5.56 Å². The number of likely N-dealkylation sites (tertiary alicyclic amines) is 1. The third-order valence-electron chi connectivity index (χ3n) is 8.64. The van der Waals surface area contributed by atoms with E-state index in [0.717, 1.165) is 38.5 Å². The van der Waals surface area contributed by atoms with Crippen molar-refractivity contribution in [2.24, 2.45) is 22.7 Å². The lowest BCUT2D eigenvalue weighted by atomic mass is 9.89. The van der Waals surface area contributed by atoms with Crippen LogP contribution in [0.1, 0.15) is 43.2 Å². The molecule has 2 aromatic rings. The second-order valence-corrected chi connectivity index (χ2v) is 11.1. The number of rotatable bonds is 6. The van der Waals surface area contributed by atoms with E-state index in [1.54, 1.807) is 31.5 Å². The number of anilines is 2. The first kappa shape index (κ1) is 24.6. The summed E-state index contributed by atoms with van der Waals surface area (Å²) in [5, 5.41) is 11.3. The molecule has 4 fully saturated rings. The lowest BCUT2D eigenvalue weighted by molar-refractivity contribution is -0.137. The summed E-state index contributed by atoms with van der Waals surface area (Å²) in [5.41, 5.74) is 6.91. The van der Waals surface area contributed by atoms with Crippen molar-refractivity contribution in [3.8, 4) is 11.3 Å². The van der Waals surface area contributed by atoms with E-state index >= 15 is 0 Å². The van der Waals surface area contributed by atoms with Crippen LogP contribution in [0, 0.1) is 17.8 Å². The second-order valence-electron chi connectivity index (χ2n) is 11.1. The van der Waals surface area contributed by atoms with E-state index in [-0.39, 0.29) is 17.6 Å². The molecule has 6 atom stereocenters. The van der Waals surface area contributed by atoms with Gasteiger partial charge in [0.2, 0.25) is 0 Å². The minimum Gasteiger partial charge on any atom is -0.398 e. The maximum absolute atomic E-state index is 14.1. The van der Waals surface area contributed by atoms with Gasteiger partial charge < -0.3 is 20.7 Å². The smallest absolute Gasteiger partial charge is 0.398 e. The number of nitrogen functional groups attached to an aromatic ring is 1. The first-order valence-corrected chi connectivity index (χ1v) is 13.2. The Morgan fingerprint density at radius 1 is 1.14 bits per heavy atom. The number of benzene rings is 1. The fourth-order valence-corrected chi connectivity index (χ4v) is 6.96. The lowest BCUT2D eigenvalue weighted by Gasteiger charge is -2.26. The Bertz CT molecular complexity index is 1170. The molecular formula is C27H33F3N6O. The molecule has 4 aliphatic rings. The summed E-state index contributed by atoms with van der Waals surface area (Å²) >= 11 is 0. The third-order valence-corrected chi connectivity index (χ3v) is 8.64. The van der Waals surface area contributed by atoms with E-state index in [0.29, 0.717) is 46.8 Å². The molecule has 1 aromatic carbocycles. The highest BCUT2D eigenvalue weighted by molar-refractivity contribution is 5.89. The number of aromatic nitrogens is 2.